The van der Waals surface area contributed by atoms with Crippen molar-refractivity contribution in [3.8, 4) is 0 Å². The third kappa shape index (κ3) is 1470. The Morgan fingerprint density at radius 3 is 0.571 bits per heavy atom. The minimum atomic E-state index is 0. The van der Waals surface area contributed by atoms with Gasteiger partial charge < -0.3 is 31.5 Å². The second-order valence-corrected chi connectivity index (χ2v) is 0. The smallest absolute Gasteiger partial charge is 0.727 e. The van der Waals surface area contributed by atoms with Gasteiger partial charge in [0.05, 0.1) is 0 Å². The van der Waals surface area contributed by atoms with E-state index < -0.39 is 0 Å². The maximum atomic E-state index is 7.25. The molecule has 0 aromatic carbocycles. The average molecular weight is 155 g/mol. The van der Waals surface area contributed by atoms with Crippen molar-refractivity contribution < 1.29 is 48.6 Å². The van der Waals surface area contributed by atoms with Gasteiger partial charge in [0, 0.05) is 0 Å². The predicted molar refractivity (Wildman–Crippen MR) is 7.89 cm³/mol. The molecule has 3 N–H and O–H groups in total. The topological polar surface area (TPSA) is 130 Å². The monoisotopic (exact) mass is 155 g/mol. The van der Waals surface area contributed by atoms with Crippen molar-refractivity contribution in [2.24, 2.45) is 0 Å². The van der Waals surface area contributed by atoms with Gasteiger partial charge >= 0.3 is 17.1 Å². The zero-order valence-corrected chi connectivity index (χ0v) is 4.02. The minimum Gasteiger partial charge on any atom is -0.727 e. The molecule has 0 amide bonds. The summed E-state index contributed by atoms with van der Waals surface area (Å²) in [6.07, 6.45) is 0. The normalized spacial score (nSPS) is 2.57. The first kappa shape index (κ1) is 26.7. The maximum Gasteiger partial charge on any atom is 3.00 e. The maximum absolute atomic E-state index is 7.25. The zero-order chi connectivity index (χ0) is 6.00. The van der Waals surface area contributed by atoms with E-state index in [-0.39, 0.29) is 17.1 Å². The molecule has 0 bridgehead atoms. The summed E-state index contributed by atoms with van der Waals surface area (Å²) in [5.41, 5.74) is 0. The Kier molecular flexibility index (Phi) is 8540. The Balaban J connectivity index is -0.00000000900. The third-order valence-corrected chi connectivity index (χ3v) is 0. The number of hydrogen-bond acceptors (Lipinski definition) is 6. The molecular formula is H3FeO6. The van der Waals surface area contributed by atoms with Gasteiger partial charge in [-0.1, -0.05) is 0 Å². The van der Waals surface area contributed by atoms with E-state index in [1.165, 1.54) is 0 Å². The molecule has 0 atom stereocenters. The van der Waals surface area contributed by atoms with Crippen molar-refractivity contribution in [2.45, 2.75) is 0 Å². The molecule has 0 unspecified atom stereocenters. The van der Waals surface area contributed by atoms with Gasteiger partial charge in [0.1, 0.15) is 0 Å². The van der Waals surface area contributed by atoms with Gasteiger partial charge in [-0.25, -0.2) is 0 Å². The molecule has 0 rings (SSSR count). The van der Waals surface area contributed by atoms with Crippen LogP contribution in [0.2, 0.25) is 0 Å². The van der Waals surface area contributed by atoms with Crippen molar-refractivity contribution in [3.63, 3.8) is 0 Å². The molecule has 0 aliphatic carbocycles. The van der Waals surface area contributed by atoms with Gasteiger partial charge in [-0.05, 0) is 0 Å². The molecule has 0 spiro atoms. The van der Waals surface area contributed by atoms with E-state index in [4.69, 9.17) is 31.5 Å². The van der Waals surface area contributed by atoms with Crippen LogP contribution in [0.15, 0.2) is 0 Å². The Morgan fingerprint density at radius 1 is 0.571 bits per heavy atom. The molecule has 47 valence electrons. The number of hydrogen-bond donors (Lipinski definition) is 3. The zero-order valence-electron chi connectivity index (χ0n) is 2.92. The van der Waals surface area contributed by atoms with Crippen LogP contribution in [0.3, 0.4) is 0 Å². The van der Waals surface area contributed by atoms with Crippen molar-refractivity contribution in [1.82, 2.24) is 0 Å². The Hall–Kier alpha value is 0.279. The van der Waals surface area contributed by atoms with Gasteiger partial charge in [-0.15, -0.1) is 0 Å². The summed E-state index contributed by atoms with van der Waals surface area (Å²) in [4.78, 5) is 0. The third-order valence-electron chi connectivity index (χ3n) is 0. The molecule has 0 aliphatic heterocycles. The Labute approximate surface area is 49.5 Å². The van der Waals surface area contributed by atoms with Crippen LogP contribution in [0, 0.1) is 0 Å². The van der Waals surface area contributed by atoms with Gasteiger partial charge in [0.2, 0.25) is 0 Å². The van der Waals surface area contributed by atoms with Crippen molar-refractivity contribution in [2.75, 3.05) is 0 Å². The summed E-state index contributed by atoms with van der Waals surface area (Å²) in [5.74, 6) is 0. The Morgan fingerprint density at radius 2 is 0.571 bits per heavy atom. The van der Waals surface area contributed by atoms with Gasteiger partial charge in [-0.2, -0.15) is 0 Å². The van der Waals surface area contributed by atoms with Crippen LogP contribution in [-0.2, 0) is 17.1 Å². The average Bonchev–Trinajstić information content (AvgIpc) is 1.81. The van der Waals surface area contributed by atoms with Gasteiger partial charge in [0.25, 0.3) is 0 Å². The van der Waals surface area contributed by atoms with Crippen molar-refractivity contribution in [1.29, 1.82) is 0 Å². The van der Waals surface area contributed by atoms with E-state index in [0.29, 0.717) is 0 Å². The molecule has 0 saturated heterocycles. The summed E-state index contributed by atoms with van der Waals surface area (Å²) in [5, 5.41) is 39.0. The molecule has 0 aromatic heterocycles. The molecule has 0 saturated carbocycles. The van der Waals surface area contributed by atoms with Crippen LogP contribution in [0.5, 0.6) is 0 Å². The van der Waals surface area contributed by atoms with Crippen molar-refractivity contribution in [3.05, 3.63) is 0 Å². The van der Waals surface area contributed by atoms with Crippen LogP contribution < -0.4 is 15.8 Å². The molecule has 7 heteroatoms. The molecule has 0 fully saturated rings. The fourth-order valence-electron chi connectivity index (χ4n) is 0. The molecule has 0 aliphatic rings. The van der Waals surface area contributed by atoms with E-state index in [1.807, 2.05) is 0 Å². The predicted octanol–water partition coefficient (Wildman–Crippen LogP) is -3.54. The molecular weight excluding hydrogens is 152 g/mol. The second-order valence-electron chi connectivity index (χ2n) is 0. The van der Waals surface area contributed by atoms with E-state index in [1.54, 1.807) is 0 Å². The molecule has 1 radical (unpaired) electrons. The van der Waals surface area contributed by atoms with Crippen LogP contribution in [0.25, 0.3) is 0 Å². The second kappa shape index (κ2) is 2240. The Bertz CT molecular complexity index is 4.14. The van der Waals surface area contributed by atoms with E-state index in [9.17, 15) is 0 Å². The molecule has 0 aromatic rings. The summed E-state index contributed by atoms with van der Waals surface area (Å²) in [6, 6.07) is 0. The van der Waals surface area contributed by atoms with Gasteiger partial charge in [-0.3, -0.25) is 0 Å². The summed E-state index contributed by atoms with van der Waals surface area (Å²) in [7, 11) is 0. The first-order valence-corrected chi connectivity index (χ1v) is 0.548. The fourth-order valence-corrected chi connectivity index (χ4v) is 0. The van der Waals surface area contributed by atoms with Crippen LogP contribution in [0.1, 0.15) is 0 Å². The van der Waals surface area contributed by atoms with E-state index in [2.05, 4.69) is 0 Å². The minimum absolute atomic E-state index is 0. The molecule has 7 heavy (non-hydrogen) atoms. The summed E-state index contributed by atoms with van der Waals surface area (Å²) in [6.45, 7) is 0. The largest absolute Gasteiger partial charge is 3.00 e. The van der Waals surface area contributed by atoms with Crippen LogP contribution in [-0.4, -0.2) is 15.8 Å². The standard InChI is InChI=1S/Fe.3H2O2/c;3*1-2/h;3*1-2H/q+3;;;/p-3. The SMILES string of the molecule is [Fe+3].[O-]O.[O-]O.[O-]O. The van der Waals surface area contributed by atoms with Gasteiger partial charge in [0.15, 0.2) is 0 Å². The fraction of sp³-hybridized carbons (Fsp3) is 0. The summed E-state index contributed by atoms with van der Waals surface area (Å²) < 4.78 is 0. The molecule has 6 nitrogen and oxygen atoms in total. The quantitative estimate of drug-likeness (QED) is 0.188. The van der Waals surface area contributed by atoms with E-state index >= 15 is 0 Å². The van der Waals surface area contributed by atoms with E-state index in [0.717, 1.165) is 0 Å². The van der Waals surface area contributed by atoms with Crippen molar-refractivity contribution >= 4 is 0 Å². The van der Waals surface area contributed by atoms with Crippen LogP contribution in [0.4, 0.5) is 0 Å². The van der Waals surface area contributed by atoms with Crippen LogP contribution >= 0.6 is 0 Å². The number of rotatable bonds is 0. The summed E-state index contributed by atoms with van der Waals surface area (Å²) >= 11 is 0. The first-order valence-electron chi connectivity index (χ1n) is 0.548. The first-order chi connectivity index (χ1) is 3.00. The molecule has 0 heterocycles.